The number of nitrogens with zero attached hydrogens (tertiary/aromatic N) is 3. The Kier molecular flexibility index (Phi) is 5.99. The number of carbonyl (C=O) groups excluding carboxylic acids is 3. The molecule has 0 radical (unpaired) electrons. The average Bonchev–Trinajstić information content (AvgIpc) is 2.78. The molecule has 2 fully saturated rings. The number of urea groups is 1. The fourth-order valence-electron chi connectivity index (χ4n) is 4.25. The largest absolute Gasteiger partial charge is 0.327 e. The summed E-state index contributed by atoms with van der Waals surface area (Å²) in [5.41, 5.74) is 3.57. The minimum absolute atomic E-state index is 0.105. The number of benzene rings is 1. The van der Waals surface area contributed by atoms with E-state index in [1.807, 2.05) is 38.1 Å². The van der Waals surface area contributed by atoms with Crippen molar-refractivity contribution in [2.75, 3.05) is 18.4 Å². The summed E-state index contributed by atoms with van der Waals surface area (Å²) in [7, 11) is 0. The van der Waals surface area contributed by atoms with Gasteiger partial charge in [-0.15, -0.1) is 0 Å². The van der Waals surface area contributed by atoms with Crippen LogP contribution >= 0.6 is 0 Å². The minimum Gasteiger partial charge on any atom is -0.324 e. The zero-order valence-electron chi connectivity index (χ0n) is 17.8. The predicted molar refractivity (Wildman–Crippen MR) is 116 cm³/mol. The van der Waals surface area contributed by atoms with E-state index in [0.717, 1.165) is 28.8 Å². The third-order valence-corrected chi connectivity index (χ3v) is 6.09. The smallest absolute Gasteiger partial charge is 0.324 e. The molecule has 0 bridgehead atoms. The number of aryl methyl sites for hydroxylation is 1. The summed E-state index contributed by atoms with van der Waals surface area (Å²) < 4.78 is 0. The Balaban J connectivity index is 1.55. The van der Waals surface area contributed by atoms with Crippen molar-refractivity contribution in [3.63, 3.8) is 0 Å². The number of fused-ring (bicyclic) bond motifs is 1. The van der Waals surface area contributed by atoms with Gasteiger partial charge in [0, 0.05) is 18.1 Å². The van der Waals surface area contributed by atoms with Crippen LogP contribution in [0.4, 0.5) is 10.5 Å². The fourth-order valence-corrected chi connectivity index (χ4v) is 4.25. The molecule has 4 rings (SSSR count). The number of carbonyl (C=O) groups is 3. The highest BCUT2D eigenvalue weighted by Gasteiger charge is 2.47. The van der Waals surface area contributed by atoms with E-state index >= 15 is 0 Å². The summed E-state index contributed by atoms with van der Waals surface area (Å²) >= 11 is 0. The highest BCUT2D eigenvalue weighted by atomic mass is 16.2. The molecule has 8 heteroatoms. The van der Waals surface area contributed by atoms with Crippen LogP contribution in [0.15, 0.2) is 42.7 Å². The Morgan fingerprint density at radius 1 is 1.23 bits per heavy atom. The zero-order chi connectivity index (χ0) is 22.0. The van der Waals surface area contributed by atoms with E-state index in [4.69, 9.17) is 0 Å². The third kappa shape index (κ3) is 4.29. The van der Waals surface area contributed by atoms with E-state index in [1.165, 1.54) is 9.80 Å². The SMILES string of the molecule is Cc1cccc(NC(=O)CN2C(=O)N(Cc3cccnc3)C(=O)C3NCCCC32)c1C. The molecule has 2 aliphatic rings. The van der Waals surface area contributed by atoms with Crippen LogP contribution in [0.5, 0.6) is 0 Å². The maximum Gasteiger partial charge on any atom is 0.327 e. The van der Waals surface area contributed by atoms with Crippen molar-refractivity contribution >= 4 is 23.5 Å². The highest BCUT2D eigenvalue weighted by molar-refractivity contribution is 6.03. The van der Waals surface area contributed by atoms with Gasteiger partial charge < -0.3 is 15.5 Å². The van der Waals surface area contributed by atoms with Crippen molar-refractivity contribution in [1.82, 2.24) is 20.1 Å². The molecule has 2 aromatic rings. The van der Waals surface area contributed by atoms with Gasteiger partial charge in [0.05, 0.1) is 12.6 Å². The average molecular weight is 422 g/mol. The molecule has 2 saturated heterocycles. The summed E-state index contributed by atoms with van der Waals surface area (Å²) in [6.07, 6.45) is 4.82. The van der Waals surface area contributed by atoms with Gasteiger partial charge in [-0.1, -0.05) is 18.2 Å². The second-order valence-electron chi connectivity index (χ2n) is 8.13. The van der Waals surface area contributed by atoms with Gasteiger partial charge in [0.15, 0.2) is 0 Å². The van der Waals surface area contributed by atoms with E-state index in [1.54, 1.807) is 18.5 Å². The number of pyridine rings is 1. The number of hydrogen-bond acceptors (Lipinski definition) is 5. The van der Waals surface area contributed by atoms with Crippen molar-refractivity contribution in [3.05, 3.63) is 59.4 Å². The molecule has 1 aromatic carbocycles. The van der Waals surface area contributed by atoms with Crippen LogP contribution in [-0.4, -0.2) is 57.8 Å². The predicted octanol–water partition coefficient (Wildman–Crippen LogP) is 2.22. The molecule has 2 atom stereocenters. The molecule has 2 N–H and O–H groups in total. The molecule has 2 unspecified atom stereocenters. The topological polar surface area (TPSA) is 94.6 Å². The maximum absolute atomic E-state index is 13.3. The number of nitrogens with one attached hydrogen (secondary N) is 2. The standard InChI is InChI=1S/C23H27N5O3/c1-15-6-3-8-18(16(15)2)26-20(29)14-27-19-9-5-11-25-21(19)22(30)28(23(27)31)13-17-7-4-10-24-12-17/h3-4,6-8,10,12,19,21,25H,5,9,11,13-14H2,1-2H3,(H,26,29). The van der Waals surface area contributed by atoms with Gasteiger partial charge in [-0.25, -0.2) is 4.79 Å². The van der Waals surface area contributed by atoms with E-state index in [9.17, 15) is 14.4 Å². The normalized spacial score (nSPS) is 21.1. The van der Waals surface area contributed by atoms with Crippen molar-refractivity contribution < 1.29 is 14.4 Å². The number of hydrogen-bond donors (Lipinski definition) is 2. The summed E-state index contributed by atoms with van der Waals surface area (Å²) in [6, 6.07) is 8.05. The molecular formula is C23H27N5O3. The first kappa shape index (κ1) is 21.0. The number of amides is 4. The van der Waals surface area contributed by atoms with Gasteiger partial charge >= 0.3 is 6.03 Å². The molecule has 0 aliphatic carbocycles. The second kappa shape index (κ2) is 8.85. The van der Waals surface area contributed by atoms with Crippen LogP contribution in [-0.2, 0) is 16.1 Å². The second-order valence-corrected chi connectivity index (χ2v) is 8.13. The number of anilines is 1. The molecule has 0 saturated carbocycles. The lowest BCUT2D eigenvalue weighted by atomic mass is 9.93. The lowest BCUT2D eigenvalue weighted by Crippen LogP contribution is -2.70. The lowest BCUT2D eigenvalue weighted by Gasteiger charge is -2.46. The first-order valence-corrected chi connectivity index (χ1v) is 10.6. The van der Waals surface area contributed by atoms with Crippen molar-refractivity contribution in [1.29, 1.82) is 0 Å². The summed E-state index contributed by atoms with van der Waals surface area (Å²) in [6.45, 7) is 4.67. The Morgan fingerprint density at radius 3 is 2.84 bits per heavy atom. The Labute approximate surface area is 181 Å². The monoisotopic (exact) mass is 421 g/mol. The van der Waals surface area contributed by atoms with E-state index in [0.29, 0.717) is 13.0 Å². The quantitative estimate of drug-likeness (QED) is 0.772. The van der Waals surface area contributed by atoms with Crippen LogP contribution in [0.2, 0.25) is 0 Å². The van der Waals surface area contributed by atoms with Crippen LogP contribution in [0.1, 0.15) is 29.5 Å². The van der Waals surface area contributed by atoms with Crippen molar-refractivity contribution in [2.45, 2.75) is 45.3 Å². The number of aromatic nitrogens is 1. The number of rotatable bonds is 5. The Bertz CT molecular complexity index is 994. The van der Waals surface area contributed by atoms with Gasteiger partial charge in [-0.3, -0.25) is 19.5 Å². The molecule has 1 aromatic heterocycles. The molecule has 0 spiro atoms. The fraction of sp³-hybridized carbons (Fsp3) is 0.391. The highest BCUT2D eigenvalue weighted by Crippen LogP contribution is 2.26. The van der Waals surface area contributed by atoms with E-state index < -0.39 is 12.1 Å². The number of imide groups is 1. The summed E-state index contributed by atoms with van der Waals surface area (Å²) in [4.78, 5) is 46.1. The van der Waals surface area contributed by atoms with Gasteiger partial charge in [0.2, 0.25) is 11.8 Å². The van der Waals surface area contributed by atoms with E-state index in [2.05, 4.69) is 15.6 Å². The van der Waals surface area contributed by atoms with Crippen LogP contribution < -0.4 is 10.6 Å². The first-order chi connectivity index (χ1) is 15.0. The van der Waals surface area contributed by atoms with Crippen LogP contribution in [0.25, 0.3) is 0 Å². The number of piperidine rings is 1. The molecule has 2 aliphatic heterocycles. The van der Waals surface area contributed by atoms with E-state index in [-0.39, 0.29) is 30.9 Å². The Hall–Kier alpha value is -3.26. The molecule has 8 nitrogen and oxygen atoms in total. The van der Waals surface area contributed by atoms with Gasteiger partial charge in [-0.2, -0.15) is 0 Å². The lowest BCUT2D eigenvalue weighted by molar-refractivity contribution is -0.138. The van der Waals surface area contributed by atoms with Gasteiger partial charge in [0.1, 0.15) is 12.6 Å². The molecule has 31 heavy (non-hydrogen) atoms. The molecule has 4 amide bonds. The molecule has 3 heterocycles. The molecule has 162 valence electrons. The van der Waals surface area contributed by atoms with Crippen LogP contribution in [0.3, 0.4) is 0 Å². The Morgan fingerprint density at radius 2 is 2.06 bits per heavy atom. The first-order valence-electron chi connectivity index (χ1n) is 10.6. The third-order valence-electron chi connectivity index (χ3n) is 6.09. The van der Waals surface area contributed by atoms with Gasteiger partial charge in [0.25, 0.3) is 0 Å². The van der Waals surface area contributed by atoms with Crippen molar-refractivity contribution in [3.8, 4) is 0 Å². The minimum atomic E-state index is -0.503. The maximum atomic E-state index is 13.3. The van der Waals surface area contributed by atoms with Gasteiger partial charge in [-0.05, 0) is 62.1 Å². The summed E-state index contributed by atoms with van der Waals surface area (Å²) in [5, 5.41) is 6.17. The summed E-state index contributed by atoms with van der Waals surface area (Å²) in [5.74, 6) is -0.521. The molecular weight excluding hydrogens is 394 g/mol. The zero-order valence-corrected chi connectivity index (χ0v) is 17.8. The van der Waals surface area contributed by atoms with Crippen LogP contribution in [0, 0.1) is 13.8 Å². The van der Waals surface area contributed by atoms with Crippen molar-refractivity contribution in [2.24, 2.45) is 0 Å².